The smallest absolute Gasteiger partial charge is 0.126 e. The Bertz CT molecular complexity index is 367. The first-order chi connectivity index (χ1) is 7.96. The summed E-state index contributed by atoms with van der Waals surface area (Å²) >= 11 is 0. The van der Waals surface area contributed by atoms with Crippen molar-refractivity contribution in [3.05, 3.63) is 35.1 Å². The Morgan fingerprint density at radius 1 is 1.24 bits per heavy atom. The lowest BCUT2D eigenvalue weighted by Gasteiger charge is -2.23. The topological polar surface area (TPSA) is 20.2 Å². The van der Waals surface area contributed by atoms with E-state index in [1.54, 1.807) is 6.07 Å². The van der Waals surface area contributed by atoms with Crippen LogP contribution in [0.5, 0.6) is 0 Å². The highest BCUT2D eigenvalue weighted by Crippen LogP contribution is 2.29. The lowest BCUT2D eigenvalue weighted by molar-refractivity contribution is 0.218. The molecule has 0 spiro atoms. The number of rotatable bonds is 5. The van der Waals surface area contributed by atoms with Crippen LogP contribution in [-0.4, -0.2) is 11.7 Å². The van der Waals surface area contributed by atoms with Gasteiger partial charge in [0.25, 0.3) is 0 Å². The van der Waals surface area contributed by atoms with Crippen LogP contribution >= 0.6 is 0 Å². The van der Waals surface area contributed by atoms with Crippen molar-refractivity contribution in [2.24, 2.45) is 0 Å². The molecule has 0 bridgehead atoms. The van der Waals surface area contributed by atoms with Crippen molar-refractivity contribution in [2.75, 3.05) is 6.61 Å². The maximum Gasteiger partial charge on any atom is 0.126 e. The zero-order chi connectivity index (χ0) is 13.1. The van der Waals surface area contributed by atoms with Gasteiger partial charge in [0.05, 0.1) is 6.61 Å². The fourth-order valence-electron chi connectivity index (χ4n) is 2.10. The van der Waals surface area contributed by atoms with E-state index in [2.05, 4.69) is 13.8 Å². The fourth-order valence-corrected chi connectivity index (χ4v) is 2.10. The Morgan fingerprint density at radius 2 is 1.82 bits per heavy atom. The van der Waals surface area contributed by atoms with Gasteiger partial charge in [-0.1, -0.05) is 39.8 Å². The summed E-state index contributed by atoms with van der Waals surface area (Å²) in [6.45, 7) is 8.02. The zero-order valence-corrected chi connectivity index (χ0v) is 11.3. The highest BCUT2D eigenvalue weighted by atomic mass is 19.1. The molecule has 17 heavy (non-hydrogen) atoms. The molecule has 0 fully saturated rings. The van der Waals surface area contributed by atoms with Crippen LogP contribution in [0, 0.1) is 5.82 Å². The molecule has 0 aliphatic rings. The van der Waals surface area contributed by atoms with Crippen LogP contribution < -0.4 is 0 Å². The van der Waals surface area contributed by atoms with Crippen LogP contribution in [0.25, 0.3) is 0 Å². The van der Waals surface area contributed by atoms with Crippen LogP contribution in [0.2, 0.25) is 0 Å². The minimum absolute atomic E-state index is 0.0246. The molecule has 96 valence electrons. The summed E-state index contributed by atoms with van der Waals surface area (Å²) in [5.74, 6) is 0.152. The van der Waals surface area contributed by atoms with Gasteiger partial charge in [-0.15, -0.1) is 0 Å². The Kier molecular flexibility index (Phi) is 4.70. The lowest BCUT2D eigenvalue weighted by atomic mass is 9.83. The van der Waals surface area contributed by atoms with E-state index < -0.39 is 0 Å². The summed E-state index contributed by atoms with van der Waals surface area (Å²) in [6, 6.07) is 5.39. The van der Waals surface area contributed by atoms with Crippen LogP contribution in [0.15, 0.2) is 18.2 Å². The molecule has 0 amide bonds. The summed E-state index contributed by atoms with van der Waals surface area (Å²) in [5, 5.41) is 9.29. The van der Waals surface area contributed by atoms with Gasteiger partial charge in [-0.2, -0.15) is 0 Å². The van der Waals surface area contributed by atoms with Crippen LogP contribution in [0.1, 0.15) is 57.6 Å². The number of hydrogen-bond acceptors (Lipinski definition) is 1. The highest BCUT2D eigenvalue weighted by Gasteiger charge is 2.21. The van der Waals surface area contributed by atoms with Gasteiger partial charge >= 0.3 is 0 Å². The average molecular weight is 238 g/mol. The molecular weight excluding hydrogens is 215 g/mol. The third kappa shape index (κ3) is 3.06. The lowest BCUT2D eigenvalue weighted by Crippen LogP contribution is -2.22. The van der Waals surface area contributed by atoms with Crippen molar-refractivity contribution in [3.63, 3.8) is 0 Å². The molecule has 0 saturated carbocycles. The number of hydrogen-bond donors (Lipinski definition) is 1. The Morgan fingerprint density at radius 3 is 2.24 bits per heavy atom. The van der Waals surface area contributed by atoms with Crippen LogP contribution in [0.4, 0.5) is 4.39 Å². The van der Waals surface area contributed by atoms with E-state index in [-0.39, 0.29) is 17.8 Å². The van der Waals surface area contributed by atoms with Crippen molar-refractivity contribution in [2.45, 2.75) is 51.9 Å². The van der Waals surface area contributed by atoms with Crippen molar-refractivity contribution in [1.82, 2.24) is 0 Å². The van der Waals surface area contributed by atoms with Gasteiger partial charge in [-0.05, 0) is 36.0 Å². The quantitative estimate of drug-likeness (QED) is 0.822. The zero-order valence-electron chi connectivity index (χ0n) is 11.3. The van der Waals surface area contributed by atoms with Gasteiger partial charge in [-0.25, -0.2) is 4.39 Å². The molecule has 1 rings (SSSR count). The summed E-state index contributed by atoms with van der Waals surface area (Å²) in [4.78, 5) is 0. The Hall–Kier alpha value is -0.890. The maximum atomic E-state index is 14.1. The van der Waals surface area contributed by atoms with Gasteiger partial charge < -0.3 is 5.11 Å². The molecule has 0 aliphatic carbocycles. The van der Waals surface area contributed by atoms with E-state index in [0.29, 0.717) is 5.92 Å². The van der Waals surface area contributed by atoms with E-state index in [9.17, 15) is 9.50 Å². The van der Waals surface area contributed by atoms with Crippen LogP contribution in [-0.2, 0) is 5.41 Å². The molecule has 1 aromatic carbocycles. The molecule has 0 unspecified atom stereocenters. The average Bonchev–Trinajstić information content (AvgIpc) is 2.32. The Balaban J connectivity index is 3.09. The molecule has 1 aromatic rings. The standard InChI is InChI=1S/C15H23FO/c1-5-11(6-2)13-8-7-12(9-14(13)16)15(3,4)10-17/h7-9,11,17H,5-6,10H2,1-4H3. The first-order valence-electron chi connectivity index (χ1n) is 6.37. The van der Waals surface area contributed by atoms with Crippen molar-refractivity contribution in [1.29, 1.82) is 0 Å². The van der Waals surface area contributed by atoms with E-state index in [1.165, 1.54) is 0 Å². The Labute approximate surface area is 104 Å². The number of aliphatic hydroxyl groups excluding tert-OH is 1. The van der Waals surface area contributed by atoms with Gasteiger partial charge in [0.15, 0.2) is 0 Å². The second-order valence-electron chi connectivity index (χ2n) is 5.29. The summed E-state index contributed by atoms with van der Waals surface area (Å²) < 4.78 is 14.1. The normalized spacial score (nSPS) is 12.2. The van der Waals surface area contributed by atoms with E-state index >= 15 is 0 Å². The minimum atomic E-state index is -0.382. The second kappa shape index (κ2) is 5.63. The number of benzene rings is 1. The molecule has 0 aromatic heterocycles. The number of halogens is 1. The first-order valence-corrected chi connectivity index (χ1v) is 6.37. The predicted molar refractivity (Wildman–Crippen MR) is 69.8 cm³/mol. The molecular formula is C15H23FO. The molecule has 0 atom stereocenters. The van der Waals surface area contributed by atoms with Gasteiger partial charge in [-0.3, -0.25) is 0 Å². The van der Waals surface area contributed by atoms with E-state index in [1.807, 2.05) is 26.0 Å². The predicted octanol–water partition coefficient (Wildman–Crippen LogP) is 4.00. The molecule has 1 N–H and O–H groups in total. The van der Waals surface area contributed by atoms with Gasteiger partial charge in [0.1, 0.15) is 5.82 Å². The third-order valence-electron chi connectivity index (χ3n) is 3.60. The molecule has 0 saturated heterocycles. The van der Waals surface area contributed by atoms with Crippen LogP contribution in [0.3, 0.4) is 0 Å². The molecule has 0 aliphatic heterocycles. The highest BCUT2D eigenvalue weighted by molar-refractivity contribution is 5.31. The van der Waals surface area contributed by atoms with E-state index in [4.69, 9.17) is 0 Å². The SMILES string of the molecule is CCC(CC)c1ccc(C(C)(C)CO)cc1F. The summed E-state index contributed by atoms with van der Waals surface area (Å²) in [5.41, 5.74) is 1.27. The second-order valence-corrected chi connectivity index (χ2v) is 5.29. The fraction of sp³-hybridized carbons (Fsp3) is 0.600. The molecule has 0 heterocycles. The molecule has 0 radical (unpaired) electrons. The van der Waals surface area contributed by atoms with Gasteiger partial charge in [0.2, 0.25) is 0 Å². The minimum Gasteiger partial charge on any atom is -0.395 e. The molecule has 2 heteroatoms. The van der Waals surface area contributed by atoms with E-state index in [0.717, 1.165) is 24.0 Å². The summed E-state index contributed by atoms with van der Waals surface area (Å²) in [7, 11) is 0. The largest absolute Gasteiger partial charge is 0.395 e. The van der Waals surface area contributed by atoms with Crippen molar-refractivity contribution < 1.29 is 9.50 Å². The third-order valence-corrected chi connectivity index (χ3v) is 3.60. The van der Waals surface area contributed by atoms with Gasteiger partial charge in [0, 0.05) is 5.41 Å². The number of aliphatic hydroxyl groups is 1. The first kappa shape index (κ1) is 14.2. The maximum absolute atomic E-state index is 14.1. The van der Waals surface area contributed by atoms with Crippen molar-refractivity contribution >= 4 is 0 Å². The monoisotopic (exact) mass is 238 g/mol. The molecule has 1 nitrogen and oxygen atoms in total. The van der Waals surface area contributed by atoms with Crippen molar-refractivity contribution in [3.8, 4) is 0 Å². The summed E-state index contributed by atoms with van der Waals surface area (Å²) in [6.07, 6.45) is 1.91.